The average molecular weight is 685 g/mol. The zero-order valence-electron chi connectivity index (χ0n) is 32.8. The molecule has 0 aromatic carbocycles. The third kappa shape index (κ3) is 6.45. The minimum Gasteiger partial charge on any atom is -0.294 e. The van der Waals surface area contributed by atoms with E-state index in [1.54, 1.807) is 141 Å². The first-order valence-corrected chi connectivity index (χ1v) is 24.3. The molecule has 10 aliphatic rings. The fourth-order valence-corrected chi connectivity index (χ4v) is 17.5. The summed E-state index contributed by atoms with van der Waals surface area (Å²) < 4.78 is 0. The smallest absolute Gasteiger partial charge is 0.0135 e. The Balaban J connectivity index is 0.791. The number of hydrogen-bond donors (Lipinski definition) is 0. The minimum atomic E-state index is 0.953. The van der Waals surface area contributed by atoms with Crippen molar-refractivity contribution in [3.05, 3.63) is 0 Å². The Bertz CT molecular complexity index is 1100. The van der Waals surface area contributed by atoms with Crippen LogP contribution in [0.3, 0.4) is 0 Å². The van der Waals surface area contributed by atoms with Crippen LogP contribution in [-0.4, -0.2) is 46.1 Å². The number of nitrogens with zero attached hydrogens (tertiary/aromatic N) is 2. The molecule has 10 fully saturated rings. The molecular weight excluding hydrogens is 605 g/mol. The Hall–Kier alpha value is -0.0800. The lowest BCUT2D eigenvalue weighted by Gasteiger charge is -2.48. The van der Waals surface area contributed by atoms with Crippen molar-refractivity contribution >= 4 is 0 Å². The van der Waals surface area contributed by atoms with Crippen molar-refractivity contribution in [2.45, 2.75) is 242 Å². The van der Waals surface area contributed by atoms with Gasteiger partial charge in [0.2, 0.25) is 0 Å². The zero-order valence-corrected chi connectivity index (χ0v) is 32.8. The van der Waals surface area contributed by atoms with Crippen LogP contribution in [-0.2, 0) is 0 Å². The summed E-state index contributed by atoms with van der Waals surface area (Å²) in [5, 5.41) is 0. The second-order valence-corrected chi connectivity index (χ2v) is 21.5. The highest BCUT2D eigenvalue weighted by Gasteiger charge is 2.56. The quantitative estimate of drug-likeness (QED) is 0.284. The van der Waals surface area contributed by atoms with Crippen LogP contribution >= 0.6 is 0 Å². The second-order valence-electron chi connectivity index (χ2n) is 21.5. The summed E-state index contributed by atoms with van der Waals surface area (Å²) in [6.45, 7) is 0. The van der Waals surface area contributed by atoms with Gasteiger partial charge in [0.15, 0.2) is 0 Å². The molecule has 8 saturated carbocycles. The predicted molar refractivity (Wildman–Crippen MR) is 209 cm³/mol. The molecule has 0 spiro atoms. The SMILES string of the molecule is C1CCC(C2CCC(N3C4CCCCC4C4CC(C5CCCC(C6CCC7C8CCCCC8N(C8CCCCC8)C7C6)C5)CCC43)CC2)CC1. The van der Waals surface area contributed by atoms with Gasteiger partial charge < -0.3 is 0 Å². The molecule has 12 atom stereocenters. The third-order valence-corrected chi connectivity index (χ3v) is 19.6. The van der Waals surface area contributed by atoms with Crippen molar-refractivity contribution in [3.63, 3.8) is 0 Å². The van der Waals surface area contributed by atoms with Crippen LogP contribution in [0, 0.1) is 59.2 Å². The van der Waals surface area contributed by atoms with Crippen molar-refractivity contribution < 1.29 is 0 Å². The topological polar surface area (TPSA) is 6.48 Å². The molecule has 0 radical (unpaired) electrons. The minimum absolute atomic E-state index is 0.953. The van der Waals surface area contributed by atoms with Crippen LogP contribution in [0.15, 0.2) is 0 Å². The molecule has 0 aromatic heterocycles. The van der Waals surface area contributed by atoms with E-state index in [9.17, 15) is 0 Å². The fraction of sp³-hybridized carbons (Fsp3) is 1.00. The van der Waals surface area contributed by atoms with Crippen LogP contribution in [0.4, 0.5) is 0 Å². The molecule has 2 heteroatoms. The molecular formula is C48H80N2. The van der Waals surface area contributed by atoms with Crippen LogP contribution in [0.2, 0.25) is 0 Å². The van der Waals surface area contributed by atoms with E-state index in [0.29, 0.717) is 0 Å². The second kappa shape index (κ2) is 15.2. The Morgan fingerprint density at radius 2 is 0.660 bits per heavy atom. The highest BCUT2D eigenvalue weighted by atomic mass is 15.3. The summed E-state index contributed by atoms with van der Waals surface area (Å²) in [5.41, 5.74) is 0. The van der Waals surface area contributed by atoms with Crippen molar-refractivity contribution in [1.29, 1.82) is 0 Å². The van der Waals surface area contributed by atoms with Gasteiger partial charge in [-0.05, 0) is 168 Å². The molecule has 282 valence electrons. The number of likely N-dealkylation sites (tertiary alicyclic amines) is 2. The molecule has 8 aliphatic carbocycles. The van der Waals surface area contributed by atoms with Crippen LogP contribution < -0.4 is 0 Å². The third-order valence-electron chi connectivity index (χ3n) is 19.6. The number of fused-ring (bicyclic) bond motifs is 6. The molecule has 0 bridgehead atoms. The van der Waals surface area contributed by atoms with Gasteiger partial charge in [0.25, 0.3) is 0 Å². The van der Waals surface area contributed by atoms with Crippen molar-refractivity contribution in [3.8, 4) is 0 Å². The summed E-state index contributed by atoms with van der Waals surface area (Å²) in [6, 6.07) is 5.82. The zero-order chi connectivity index (χ0) is 33.0. The van der Waals surface area contributed by atoms with Crippen molar-refractivity contribution in [2.75, 3.05) is 0 Å². The van der Waals surface area contributed by atoms with Crippen molar-refractivity contribution in [1.82, 2.24) is 9.80 Å². The Kier molecular flexibility index (Phi) is 10.5. The monoisotopic (exact) mass is 685 g/mol. The first-order chi connectivity index (χ1) is 24.8. The van der Waals surface area contributed by atoms with E-state index >= 15 is 0 Å². The first kappa shape index (κ1) is 34.4. The molecule has 2 aliphatic heterocycles. The molecule has 12 unspecified atom stereocenters. The average Bonchev–Trinajstić information content (AvgIpc) is 3.71. The summed E-state index contributed by atoms with van der Waals surface area (Å²) >= 11 is 0. The maximum absolute atomic E-state index is 3.32. The van der Waals surface area contributed by atoms with Crippen molar-refractivity contribution in [2.24, 2.45) is 59.2 Å². The highest BCUT2D eigenvalue weighted by Crippen LogP contribution is 2.58. The Labute approximate surface area is 309 Å². The van der Waals surface area contributed by atoms with Gasteiger partial charge in [-0.15, -0.1) is 0 Å². The van der Waals surface area contributed by atoms with Gasteiger partial charge in [-0.2, -0.15) is 0 Å². The molecule has 0 N–H and O–H groups in total. The van der Waals surface area contributed by atoms with E-state index in [4.69, 9.17) is 0 Å². The van der Waals surface area contributed by atoms with Gasteiger partial charge in [0.05, 0.1) is 0 Å². The molecule has 2 nitrogen and oxygen atoms in total. The summed E-state index contributed by atoms with van der Waals surface area (Å²) in [4.78, 5) is 6.62. The lowest BCUT2D eigenvalue weighted by Crippen LogP contribution is -2.49. The largest absolute Gasteiger partial charge is 0.294 e. The van der Waals surface area contributed by atoms with Gasteiger partial charge in [-0.25, -0.2) is 0 Å². The molecule has 0 aromatic rings. The van der Waals surface area contributed by atoms with E-state index in [1.807, 2.05) is 0 Å². The molecule has 2 saturated heterocycles. The number of rotatable bonds is 5. The van der Waals surface area contributed by atoms with Crippen LogP contribution in [0.5, 0.6) is 0 Å². The number of hydrogen-bond acceptors (Lipinski definition) is 2. The summed E-state index contributed by atoms with van der Waals surface area (Å²) in [7, 11) is 0. The van der Waals surface area contributed by atoms with E-state index in [2.05, 4.69) is 9.80 Å². The molecule has 50 heavy (non-hydrogen) atoms. The standard InChI is InChI=1S/C48H80N2/c1-3-12-33(13-4-1)34-22-26-40(27-23-34)49-46-21-10-8-19-42(46)44-31-37(25-29-47(44)49)35-14-11-15-36(30-35)38-24-28-43-41-18-7-9-20-45(41)50(48(43)32-38)39-16-5-2-6-17-39/h33-48H,1-32H2. The Morgan fingerprint density at radius 3 is 1.38 bits per heavy atom. The lowest BCUT2D eigenvalue weighted by atomic mass is 9.61. The van der Waals surface area contributed by atoms with E-state index in [-0.39, 0.29) is 0 Å². The molecule has 2 heterocycles. The lowest BCUT2D eigenvalue weighted by molar-refractivity contribution is 0.0208. The summed E-state index contributed by atoms with van der Waals surface area (Å²) in [5.74, 6) is 10.8. The normalized spacial score (nSPS) is 49.9. The van der Waals surface area contributed by atoms with Gasteiger partial charge >= 0.3 is 0 Å². The van der Waals surface area contributed by atoms with Gasteiger partial charge in [0, 0.05) is 36.3 Å². The summed E-state index contributed by atoms with van der Waals surface area (Å²) in [6.07, 6.45) is 50.1. The fourth-order valence-electron chi connectivity index (χ4n) is 17.5. The molecule has 0 amide bonds. The van der Waals surface area contributed by atoms with E-state index in [1.165, 1.54) is 64.2 Å². The predicted octanol–water partition coefficient (Wildman–Crippen LogP) is 12.6. The maximum atomic E-state index is 3.32. The van der Waals surface area contributed by atoms with E-state index < -0.39 is 0 Å². The van der Waals surface area contributed by atoms with Gasteiger partial charge in [0.1, 0.15) is 0 Å². The Morgan fingerprint density at radius 1 is 0.220 bits per heavy atom. The maximum Gasteiger partial charge on any atom is 0.0135 e. The van der Waals surface area contributed by atoms with Gasteiger partial charge in [-0.3, -0.25) is 9.80 Å². The van der Waals surface area contributed by atoms with Crippen LogP contribution in [0.1, 0.15) is 205 Å². The van der Waals surface area contributed by atoms with Gasteiger partial charge in [-0.1, -0.05) is 96.3 Å². The molecule has 10 rings (SSSR count). The first-order valence-electron chi connectivity index (χ1n) is 24.3. The highest BCUT2D eigenvalue weighted by molar-refractivity contribution is 5.09. The van der Waals surface area contributed by atoms with E-state index in [0.717, 1.165) is 95.4 Å². The van der Waals surface area contributed by atoms with Crippen LogP contribution in [0.25, 0.3) is 0 Å².